The lowest BCUT2D eigenvalue weighted by Crippen LogP contribution is -2.30. The van der Waals surface area contributed by atoms with Gasteiger partial charge in [0.15, 0.2) is 0 Å². The number of aryl methyl sites for hydroxylation is 2. The van der Waals surface area contributed by atoms with Crippen molar-refractivity contribution in [3.63, 3.8) is 0 Å². The average molecular weight is 370 g/mol. The van der Waals surface area contributed by atoms with E-state index in [1.54, 1.807) is 0 Å². The van der Waals surface area contributed by atoms with Gasteiger partial charge in [-0.25, -0.2) is 0 Å². The topological polar surface area (TPSA) is 32.7 Å². The maximum Gasteiger partial charge on any atom is 0.122 e. The standard InChI is InChI=1S/C24H35NO2/c1-25(2)19-23(26)20-27-24-18-12-11-17-22(24)16-10-5-3-4-7-13-21-14-8-6-9-15-21/h6,8-9,11-12,14-15,17-18,23,26H,3-5,7,10,13,16,19-20H2,1-2H3. The Bertz CT molecular complexity index is 627. The Morgan fingerprint density at radius 2 is 1.44 bits per heavy atom. The molecule has 148 valence electrons. The highest BCUT2D eigenvalue weighted by molar-refractivity contribution is 5.33. The van der Waals surface area contributed by atoms with Crippen LogP contribution in [0.15, 0.2) is 54.6 Å². The Hall–Kier alpha value is -1.84. The number of aliphatic hydroxyl groups excluding tert-OH is 1. The molecule has 0 aliphatic heterocycles. The smallest absolute Gasteiger partial charge is 0.122 e. The van der Waals surface area contributed by atoms with Crippen LogP contribution in [0.4, 0.5) is 0 Å². The van der Waals surface area contributed by atoms with Gasteiger partial charge in [-0.05, 0) is 57.0 Å². The normalized spacial score (nSPS) is 12.3. The Balaban J connectivity index is 1.62. The summed E-state index contributed by atoms with van der Waals surface area (Å²) >= 11 is 0. The van der Waals surface area contributed by atoms with E-state index in [-0.39, 0.29) is 0 Å². The first kappa shape index (κ1) is 21.5. The molecule has 0 heterocycles. The molecule has 0 saturated carbocycles. The van der Waals surface area contributed by atoms with Crippen LogP contribution in [0.2, 0.25) is 0 Å². The molecule has 2 aromatic carbocycles. The van der Waals surface area contributed by atoms with Gasteiger partial charge in [-0.3, -0.25) is 0 Å². The fraction of sp³-hybridized carbons (Fsp3) is 0.500. The summed E-state index contributed by atoms with van der Waals surface area (Å²) in [6.07, 6.45) is 8.07. The quantitative estimate of drug-likeness (QED) is 0.518. The van der Waals surface area contributed by atoms with Crippen LogP contribution in [0.5, 0.6) is 5.75 Å². The van der Waals surface area contributed by atoms with E-state index in [0.29, 0.717) is 13.2 Å². The third-order valence-electron chi connectivity index (χ3n) is 4.73. The molecule has 0 spiro atoms. The molecule has 3 nitrogen and oxygen atoms in total. The van der Waals surface area contributed by atoms with Crippen LogP contribution in [-0.2, 0) is 12.8 Å². The first-order valence-corrected chi connectivity index (χ1v) is 10.2. The number of nitrogens with zero attached hydrogens (tertiary/aromatic N) is 1. The minimum Gasteiger partial charge on any atom is -0.491 e. The van der Waals surface area contributed by atoms with Gasteiger partial charge in [-0.15, -0.1) is 0 Å². The summed E-state index contributed by atoms with van der Waals surface area (Å²) in [7, 11) is 3.91. The molecule has 0 aromatic heterocycles. The van der Waals surface area contributed by atoms with E-state index in [0.717, 1.165) is 12.2 Å². The number of hydrogen-bond acceptors (Lipinski definition) is 3. The van der Waals surface area contributed by atoms with E-state index in [2.05, 4.69) is 42.5 Å². The molecule has 0 saturated heterocycles. The maximum absolute atomic E-state index is 9.98. The second-order valence-corrected chi connectivity index (χ2v) is 7.59. The Morgan fingerprint density at radius 1 is 0.815 bits per heavy atom. The summed E-state index contributed by atoms with van der Waals surface area (Å²) in [6, 6.07) is 19.0. The van der Waals surface area contributed by atoms with E-state index in [1.807, 2.05) is 31.1 Å². The van der Waals surface area contributed by atoms with E-state index in [1.165, 1.54) is 49.7 Å². The number of ether oxygens (including phenoxy) is 1. The maximum atomic E-state index is 9.98. The summed E-state index contributed by atoms with van der Waals surface area (Å²) < 4.78 is 5.87. The van der Waals surface area contributed by atoms with Gasteiger partial charge in [0.25, 0.3) is 0 Å². The monoisotopic (exact) mass is 369 g/mol. The lowest BCUT2D eigenvalue weighted by molar-refractivity contribution is 0.0827. The minimum absolute atomic E-state index is 0.342. The largest absolute Gasteiger partial charge is 0.491 e. The average Bonchev–Trinajstić information content (AvgIpc) is 2.66. The third-order valence-corrected chi connectivity index (χ3v) is 4.73. The van der Waals surface area contributed by atoms with Gasteiger partial charge in [-0.2, -0.15) is 0 Å². The summed E-state index contributed by atoms with van der Waals surface area (Å²) in [5, 5.41) is 9.98. The summed E-state index contributed by atoms with van der Waals surface area (Å²) in [4.78, 5) is 1.97. The zero-order chi connectivity index (χ0) is 19.3. The van der Waals surface area contributed by atoms with Gasteiger partial charge >= 0.3 is 0 Å². The zero-order valence-electron chi connectivity index (χ0n) is 16.9. The lowest BCUT2D eigenvalue weighted by Gasteiger charge is -2.18. The number of likely N-dealkylation sites (N-methyl/N-ethyl adjacent to an activating group) is 1. The van der Waals surface area contributed by atoms with E-state index in [4.69, 9.17) is 4.74 Å². The molecule has 2 aromatic rings. The summed E-state index contributed by atoms with van der Waals surface area (Å²) in [5.74, 6) is 0.916. The molecule has 0 radical (unpaired) electrons. The van der Waals surface area contributed by atoms with Crippen LogP contribution in [0.3, 0.4) is 0 Å². The first-order chi connectivity index (χ1) is 13.1. The molecule has 0 bridgehead atoms. The van der Waals surface area contributed by atoms with Crippen molar-refractivity contribution in [1.82, 2.24) is 4.90 Å². The molecule has 1 unspecified atom stereocenters. The van der Waals surface area contributed by atoms with Crippen LogP contribution in [0, 0.1) is 0 Å². The van der Waals surface area contributed by atoms with Crippen LogP contribution in [0.25, 0.3) is 0 Å². The lowest BCUT2D eigenvalue weighted by atomic mass is 10.0. The van der Waals surface area contributed by atoms with Crippen molar-refractivity contribution in [2.24, 2.45) is 0 Å². The van der Waals surface area contributed by atoms with Gasteiger partial charge < -0.3 is 14.7 Å². The van der Waals surface area contributed by atoms with Crippen LogP contribution < -0.4 is 4.74 Å². The van der Waals surface area contributed by atoms with Crippen molar-refractivity contribution < 1.29 is 9.84 Å². The van der Waals surface area contributed by atoms with Crippen LogP contribution in [0.1, 0.15) is 43.2 Å². The molecule has 1 atom stereocenters. The van der Waals surface area contributed by atoms with Crippen LogP contribution >= 0.6 is 0 Å². The van der Waals surface area contributed by atoms with Crippen molar-refractivity contribution >= 4 is 0 Å². The molecule has 0 aliphatic carbocycles. The van der Waals surface area contributed by atoms with Gasteiger partial charge in [0.2, 0.25) is 0 Å². The molecular weight excluding hydrogens is 334 g/mol. The summed E-state index contributed by atoms with van der Waals surface area (Å²) in [6.45, 7) is 0.958. The molecule has 0 amide bonds. The van der Waals surface area contributed by atoms with Gasteiger partial charge in [0.1, 0.15) is 18.5 Å². The number of rotatable bonds is 13. The predicted molar refractivity (Wildman–Crippen MR) is 113 cm³/mol. The zero-order valence-corrected chi connectivity index (χ0v) is 16.9. The van der Waals surface area contributed by atoms with E-state index < -0.39 is 6.10 Å². The van der Waals surface area contributed by atoms with Gasteiger partial charge in [-0.1, -0.05) is 67.8 Å². The second kappa shape index (κ2) is 12.5. The van der Waals surface area contributed by atoms with E-state index >= 15 is 0 Å². The molecular formula is C24H35NO2. The molecule has 0 fully saturated rings. The van der Waals surface area contributed by atoms with Gasteiger partial charge in [0.05, 0.1) is 0 Å². The fourth-order valence-corrected chi connectivity index (χ4v) is 3.33. The number of para-hydroxylation sites is 1. The fourth-order valence-electron chi connectivity index (χ4n) is 3.33. The number of aliphatic hydroxyl groups is 1. The Labute approximate surface area is 165 Å². The van der Waals surface area contributed by atoms with Gasteiger partial charge in [0, 0.05) is 6.54 Å². The highest BCUT2D eigenvalue weighted by Gasteiger charge is 2.09. The van der Waals surface area contributed by atoms with Crippen molar-refractivity contribution in [1.29, 1.82) is 0 Å². The molecule has 27 heavy (non-hydrogen) atoms. The minimum atomic E-state index is -0.460. The number of unbranched alkanes of at least 4 members (excludes halogenated alkanes) is 4. The predicted octanol–water partition coefficient (Wildman–Crippen LogP) is 4.72. The summed E-state index contributed by atoms with van der Waals surface area (Å²) in [5.41, 5.74) is 2.69. The number of benzene rings is 2. The van der Waals surface area contributed by atoms with Crippen molar-refractivity contribution in [3.8, 4) is 5.75 Å². The molecule has 3 heteroatoms. The molecule has 2 rings (SSSR count). The highest BCUT2D eigenvalue weighted by atomic mass is 16.5. The van der Waals surface area contributed by atoms with Crippen molar-refractivity contribution in [2.75, 3.05) is 27.2 Å². The SMILES string of the molecule is CN(C)CC(O)COc1ccccc1CCCCCCCc1ccccc1. The Kier molecular flexibility index (Phi) is 9.96. The Morgan fingerprint density at radius 3 is 2.19 bits per heavy atom. The van der Waals surface area contributed by atoms with Crippen molar-refractivity contribution in [2.45, 2.75) is 51.0 Å². The molecule has 0 aliphatic rings. The highest BCUT2D eigenvalue weighted by Crippen LogP contribution is 2.21. The first-order valence-electron chi connectivity index (χ1n) is 10.2. The van der Waals surface area contributed by atoms with E-state index in [9.17, 15) is 5.11 Å². The third kappa shape index (κ3) is 9.07. The van der Waals surface area contributed by atoms with Crippen LogP contribution in [-0.4, -0.2) is 43.4 Å². The molecule has 1 N–H and O–H groups in total. The number of hydrogen-bond donors (Lipinski definition) is 1. The second-order valence-electron chi connectivity index (χ2n) is 7.59. The van der Waals surface area contributed by atoms with Crippen molar-refractivity contribution in [3.05, 3.63) is 65.7 Å².